The molecular weight excluding hydrogens is 434 g/mol. The highest BCUT2D eigenvalue weighted by molar-refractivity contribution is 5.67. The first-order chi connectivity index (χ1) is 16.3. The van der Waals surface area contributed by atoms with Crippen LogP contribution in [0.4, 0.5) is 11.6 Å². The van der Waals surface area contributed by atoms with Crippen LogP contribution in [0.1, 0.15) is 31.7 Å². The Balaban J connectivity index is 1.63. The molecule has 0 amide bonds. The number of nitrogens with one attached hydrogen (secondary N) is 2. The molecule has 0 spiro atoms. The Kier molecular flexibility index (Phi) is 7.88. The van der Waals surface area contributed by atoms with E-state index in [9.17, 15) is 10.2 Å². The van der Waals surface area contributed by atoms with Gasteiger partial charge in [-0.15, -0.1) is 0 Å². The molecule has 1 aromatic carbocycles. The van der Waals surface area contributed by atoms with Crippen molar-refractivity contribution in [3.8, 4) is 17.1 Å². The van der Waals surface area contributed by atoms with Gasteiger partial charge in [-0.1, -0.05) is 12.1 Å². The van der Waals surface area contributed by atoms with E-state index in [1.165, 1.54) is 0 Å². The summed E-state index contributed by atoms with van der Waals surface area (Å²) < 4.78 is 11.3. The molecule has 2 aliphatic heterocycles. The number of aliphatic hydroxyl groups excluding tert-OH is 1. The largest absolute Gasteiger partial charge is 0.491 e. The van der Waals surface area contributed by atoms with E-state index in [1.54, 1.807) is 7.05 Å². The summed E-state index contributed by atoms with van der Waals surface area (Å²) in [5, 5.41) is 26.9. The summed E-state index contributed by atoms with van der Waals surface area (Å²) in [6.45, 7) is 7.51. The number of anilines is 2. The normalized spacial score (nSPS) is 20.9. The second kappa shape index (κ2) is 10.9. The van der Waals surface area contributed by atoms with Gasteiger partial charge in [0.1, 0.15) is 30.1 Å². The average molecular weight is 472 g/mol. The third-order valence-electron chi connectivity index (χ3n) is 6.51. The molecule has 0 aliphatic carbocycles. The van der Waals surface area contributed by atoms with Crippen LogP contribution in [0.3, 0.4) is 0 Å². The van der Waals surface area contributed by atoms with E-state index in [0.717, 1.165) is 48.9 Å². The zero-order valence-corrected chi connectivity index (χ0v) is 20.4. The second-order valence-corrected chi connectivity index (χ2v) is 9.58. The predicted molar refractivity (Wildman–Crippen MR) is 133 cm³/mol. The van der Waals surface area contributed by atoms with Crippen molar-refractivity contribution in [1.29, 1.82) is 0 Å². The Morgan fingerprint density at radius 2 is 2.09 bits per heavy atom. The molecule has 4 N–H and O–H groups in total. The molecule has 2 saturated heterocycles. The molecule has 3 heterocycles. The van der Waals surface area contributed by atoms with Gasteiger partial charge in [0.25, 0.3) is 0 Å². The summed E-state index contributed by atoms with van der Waals surface area (Å²) in [4.78, 5) is 12.1. The molecule has 4 rings (SSSR count). The van der Waals surface area contributed by atoms with Gasteiger partial charge in [-0.3, -0.25) is 0 Å². The molecular formula is C25H37N5O4. The Labute approximate surface area is 201 Å². The smallest absolute Gasteiger partial charge is 0.164 e. The van der Waals surface area contributed by atoms with E-state index >= 15 is 0 Å². The van der Waals surface area contributed by atoms with Crippen LogP contribution in [0.2, 0.25) is 0 Å². The zero-order valence-electron chi connectivity index (χ0n) is 20.4. The Bertz CT molecular complexity index is 954. The van der Waals surface area contributed by atoms with Gasteiger partial charge in [-0.25, -0.2) is 9.97 Å². The van der Waals surface area contributed by atoms with Gasteiger partial charge < -0.3 is 35.2 Å². The molecule has 1 aromatic heterocycles. The van der Waals surface area contributed by atoms with Crippen molar-refractivity contribution in [2.75, 3.05) is 56.7 Å². The van der Waals surface area contributed by atoms with E-state index in [-0.39, 0.29) is 12.6 Å². The van der Waals surface area contributed by atoms with Gasteiger partial charge in [-0.2, -0.15) is 0 Å². The van der Waals surface area contributed by atoms with E-state index in [4.69, 9.17) is 19.4 Å². The number of nitrogens with zero attached hydrogens (tertiary/aromatic N) is 3. The summed E-state index contributed by atoms with van der Waals surface area (Å²) in [6, 6.07) is 7.87. The van der Waals surface area contributed by atoms with Crippen molar-refractivity contribution in [3.63, 3.8) is 0 Å². The first-order valence-electron chi connectivity index (χ1n) is 12.1. The second-order valence-electron chi connectivity index (χ2n) is 9.58. The maximum atomic E-state index is 10.4. The maximum Gasteiger partial charge on any atom is 0.164 e. The zero-order chi connectivity index (χ0) is 24.1. The molecule has 2 atom stereocenters. The predicted octanol–water partition coefficient (Wildman–Crippen LogP) is 1.96. The van der Waals surface area contributed by atoms with Gasteiger partial charge in [0.2, 0.25) is 0 Å². The molecule has 0 radical (unpaired) electrons. The number of aliphatic hydroxyl groups is 2. The van der Waals surface area contributed by atoms with Crippen LogP contribution in [-0.4, -0.2) is 84.4 Å². The molecule has 34 heavy (non-hydrogen) atoms. The summed E-state index contributed by atoms with van der Waals surface area (Å²) in [6.07, 6.45) is 1.75. The Morgan fingerprint density at radius 3 is 2.79 bits per heavy atom. The minimum Gasteiger partial charge on any atom is -0.491 e. The van der Waals surface area contributed by atoms with Crippen molar-refractivity contribution in [2.45, 2.75) is 50.9 Å². The van der Waals surface area contributed by atoms with Crippen molar-refractivity contribution in [2.24, 2.45) is 0 Å². The summed E-state index contributed by atoms with van der Waals surface area (Å²) in [5.41, 5.74) is 1.21. The van der Waals surface area contributed by atoms with Crippen LogP contribution in [0, 0.1) is 6.92 Å². The quantitative estimate of drug-likeness (QED) is 0.436. The summed E-state index contributed by atoms with van der Waals surface area (Å²) in [7, 11) is 1.79. The third kappa shape index (κ3) is 6.15. The fourth-order valence-corrected chi connectivity index (χ4v) is 4.34. The van der Waals surface area contributed by atoms with Crippen molar-refractivity contribution in [3.05, 3.63) is 29.8 Å². The van der Waals surface area contributed by atoms with E-state index in [2.05, 4.69) is 15.5 Å². The standard InChI is InChI=1S/C25H37N5O4/c1-17-22(27-19-7-12-33-15-19)28-23(29-24(17)30-10-8-25(2,32)9-11-30)18-5-4-6-21(13-18)34-16-20(31)14-26-3/h4-6,13,19-20,26,31-32H,7-12,14-16H2,1-3H3,(H,27,28,29)/t19-,20?/m1/s1. The SMILES string of the molecule is CNCC(O)COc1cccc(-c2nc(N[C@@H]3CCOC3)c(C)c(N3CCC(C)(O)CC3)n2)c1. The lowest BCUT2D eigenvalue weighted by molar-refractivity contribution is 0.0350. The fourth-order valence-electron chi connectivity index (χ4n) is 4.34. The number of benzene rings is 1. The van der Waals surface area contributed by atoms with Crippen LogP contribution >= 0.6 is 0 Å². The summed E-state index contributed by atoms with van der Waals surface area (Å²) in [5.74, 6) is 2.97. The van der Waals surface area contributed by atoms with Crippen LogP contribution < -0.4 is 20.3 Å². The molecule has 9 heteroatoms. The average Bonchev–Trinajstić information content (AvgIpc) is 3.33. The van der Waals surface area contributed by atoms with Crippen molar-refractivity contribution < 1.29 is 19.7 Å². The molecule has 2 fully saturated rings. The van der Waals surface area contributed by atoms with E-state index in [1.807, 2.05) is 38.1 Å². The van der Waals surface area contributed by atoms with Crippen molar-refractivity contribution >= 4 is 11.6 Å². The number of hydrogen-bond donors (Lipinski definition) is 4. The minimum absolute atomic E-state index is 0.201. The highest BCUT2D eigenvalue weighted by atomic mass is 16.5. The molecule has 2 aliphatic rings. The highest BCUT2D eigenvalue weighted by Gasteiger charge is 2.30. The van der Waals surface area contributed by atoms with Crippen LogP contribution in [0.15, 0.2) is 24.3 Å². The van der Waals surface area contributed by atoms with Gasteiger partial charge in [0.05, 0.1) is 18.2 Å². The topological polar surface area (TPSA) is 112 Å². The molecule has 0 saturated carbocycles. The number of rotatable bonds is 9. The van der Waals surface area contributed by atoms with Gasteiger partial charge in [-0.05, 0) is 52.3 Å². The number of piperidine rings is 1. The third-order valence-corrected chi connectivity index (χ3v) is 6.51. The number of likely N-dealkylation sites (N-methyl/N-ethyl adjacent to an activating group) is 1. The fraction of sp³-hybridized carbons (Fsp3) is 0.600. The lowest BCUT2D eigenvalue weighted by Crippen LogP contribution is -2.43. The molecule has 1 unspecified atom stereocenters. The molecule has 0 bridgehead atoms. The first-order valence-corrected chi connectivity index (χ1v) is 12.1. The number of aromatic nitrogens is 2. The highest BCUT2D eigenvalue weighted by Crippen LogP contribution is 2.33. The van der Waals surface area contributed by atoms with Gasteiger partial charge in [0.15, 0.2) is 5.82 Å². The first kappa shape index (κ1) is 24.7. The lowest BCUT2D eigenvalue weighted by Gasteiger charge is -2.37. The molecule has 9 nitrogen and oxygen atoms in total. The lowest BCUT2D eigenvalue weighted by atomic mass is 9.93. The minimum atomic E-state index is -0.633. The Morgan fingerprint density at radius 1 is 1.29 bits per heavy atom. The monoisotopic (exact) mass is 471 g/mol. The maximum absolute atomic E-state index is 10.4. The molecule has 186 valence electrons. The van der Waals surface area contributed by atoms with Crippen LogP contribution in [-0.2, 0) is 4.74 Å². The van der Waals surface area contributed by atoms with E-state index in [0.29, 0.717) is 37.6 Å². The molecule has 2 aromatic rings. The van der Waals surface area contributed by atoms with E-state index < -0.39 is 11.7 Å². The van der Waals surface area contributed by atoms with Crippen LogP contribution in [0.25, 0.3) is 11.4 Å². The van der Waals surface area contributed by atoms with Crippen molar-refractivity contribution in [1.82, 2.24) is 15.3 Å². The van der Waals surface area contributed by atoms with Gasteiger partial charge >= 0.3 is 0 Å². The van der Waals surface area contributed by atoms with Crippen LogP contribution in [0.5, 0.6) is 5.75 Å². The number of ether oxygens (including phenoxy) is 2. The van der Waals surface area contributed by atoms with Gasteiger partial charge in [0, 0.05) is 37.4 Å². The Hall–Kier alpha value is -2.46. The summed E-state index contributed by atoms with van der Waals surface area (Å²) >= 11 is 0. The number of hydrogen-bond acceptors (Lipinski definition) is 9.